The molecule has 1 fully saturated rings. The van der Waals surface area contributed by atoms with Gasteiger partial charge in [0.15, 0.2) is 34.0 Å². The summed E-state index contributed by atoms with van der Waals surface area (Å²) >= 11 is 2.30. The third-order valence-corrected chi connectivity index (χ3v) is 7.69. The number of ketones is 3. The molecule has 0 unspecified atom stereocenters. The van der Waals surface area contributed by atoms with Crippen LogP contribution < -0.4 is 4.74 Å². The quantitative estimate of drug-likeness (QED) is 0.610. The van der Waals surface area contributed by atoms with Crippen molar-refractivity contribution >= 4 is 40.4 Å². The first-order chi connectivity index (χ1) is 14.0. The van der Waals surface area contributed by atoms with Crippen LogP contribution in [0.1, 0.15) is 20.8 Å². The van der Waals surface area contributed by atoms with Crippen LogP contribution in [0.25, 0.3) is 10.4 Å². The molecule has 0 saturated carbocycles. The Labute approximate surface area is 181 Å². The van der Waals surface area contributed by atoms with Gasteiger partial charge in [-0.25, -0.2) is 0 Å². The summed E-state index contributed by atoms with van der Waals surface area (Å²) in [4.78, 5) is 38.1. The average molecular weight is 451 g/mol. The molecule has 1 aromatic heterocycles. The number of Topliss-reactive ketones (excluding diaryl/α,β-unsaturated/α-hetero) is 3. The Morgan fingerprint density at radius 3 is 2.23 bits per heavy atom. The van der Waals surface area contributed by atoms with Gasteiger partial charge in [0.1, 0.15) is 5.75 Å². The lowest BCUT2D eigenvalue weighted by Gasteiger charge is -2.54. The van der Waals surface area contributed by atoms with E-state index in [0.717, 1.165) is 43.0 Å². The van der Waals surface area contributed by atoms with Crippen molar-refractivity contribution in [3.63, 3.8) is 0 Å². The van der Waals surface area contributed by atoms with Gasteiger partial charge in [-0.05, 0) is 49.9 Å². The number of carbonyl (C=O) groups excluding carboxylic acids is 3. The maximum absolute atomic E-state index is 12.5. The Kier molecular flexibility index (Phi) is 5.96. The lowest BCUT2D eigenvalue weighted by Crippen LogP contribution is -2.82. The molecule has 0 radical (unpaired) electrons. The predicted octanol–water partition coefficient (Wildman–Crippen LogP) is 1.83. The number of rotatable bonds is 6. The molecule has 1 aromatic carbocycles. The van der Waals surface area contributed by atoms with Crippen LogP contribution in [0, 0.1) is 0 Å². The molecule has 160 valence electrons. The van der Waals surface area contributed by atoms with Crippen molar-refractivity contribution in [2.45, 2.75) is 43.0 Å². The molecule has 2 aromatic rings. The smallest absolute Gasteiger partial charge is 0.208 e. The molecule has 2 heterocycles. The molecule has 4 atom stereocenters. The second kappa shape index (κ2) is 7.90. The topological polar surface area (TPSA) is 121 Å². The number of carbonyl (C=O) groups is 3. The van der Waals surface area contributed by atoms with Crippen LogP contribution >= 0.6 is 23.1 Å². The Morgan fingerprint density at radius 2 is 1.70 bits per heavy atom. The third-order valence-electron chi connectivity index (χ3n) is 5.45. The summed E-state index contributed by atoms with van der Waals surface area (Å²) in [5, 5.41) is 35.3. The van der Waals surface area contributed by atoms with Crippen LogP contribution in [-0.4, -0.2) is 60.7 Å². The van der Waals surface area contributed by atoms with E-state index < -0.39 is 45.3 Å². The molecule has 1 aliphatic heterocycles. The molecule has 1 aliphatic rings. The Balaban J connectivity index is 2.06. The lowest BCUT2D eigenvalue weighted by atomic mass is 9.65. The van der Waals surface area contributed by atoms with Gasteiger partial charge in [0.05, 0.1) is 0 Å². The highest BCUT2D eigenvalue weighted by Crippen LogP contribution is 2.49. The summed E-state index contributed by atoms with van der Waals surface area (Å²) < 4.78 is 5.85. The molecule has 30 heavy (non-hydrogen) atoms. The van der Waals surface area contributed by atoms with Crippen molar-refractivity contribution in [3.05, 3.63) is 41.8 Å². The number of ether oxygens (including phenoxy) is 1. The Morgan fingerprint density at radius 1 is 1.00 bits per heavy atom. The van der Waals surface area contributed by atoms with Gasteiger partial charge in [0.25, 0.3) is 0 Å². The third kappa shape index (κ3) is 3.21. The molecule has 0 aliphatic carbocycles. The van der Waals surface area contributed by atoms with Crippen LogP contribution in [0.2, 0.25) is 0 Å². The number of hydrogen-bond acceptors (Lipinski definition) is 9. The molecular weight excluding hydrogens is 428 g/mol. The number of benzene rings is 1. The zero-order chi connectivity index (χ0) is 22.3. The maximum atomic E-state index is 12.5. The van der Waals surface area contributed by atoms with Crippen molar-refractivity contribution in [2.24, 2.45) is 0 Å². The fourth-order valence-electron chi connectivity index (χ4n) is 3.65. The van der Waals surface area contributed by atoms with Gasteiger partial charge in [0, 0.05) is 10.6 Å². The number of aliphatic hydroxyl groups is 3. The van der Waals surface area contributed by atoms with Crippen LogP contribution in [0.4, 0.5) is 0 Å². The highest BCUT2D eigenvalue weighted by molar-refractivity contribution is 8.00. The van der Waals surface area contributed by atoms with Crippen molar-refractivity contribution < 1.29 is 34.4 Å². The minimum absolute atomic E-state index is 0.289. The highest BCUT2D eigenvalue weighted by Gasteiger charge is 2.75. The zero-order valence-corrected chi connectivity index (χ0v) is 18.3. The van der Waals surface area contributed by atoms with E-state index in [-0.39, 0.29) is 5.75 Å². The van der Waals surface area contributed by atoms with Crippen LogP contribution in [0.15, 0.2) is 41.8 Å². The van der Waals surface area contributed by atoms with Crippen LogP contribution in [-0.2, 0) is 14.4 Å². The largest absolute Gasteiger partial charge is 0.476 e. The number of thioether (sulfide) groups is 1. The second-order valence-corrected chi connectivity index (χ2v) is 9.27. The number of hydrogen-bond donors (Lipinski definition) is 3. The van der Waals surface area contributed by atoms with E-state index >= 15 is 0 Å². The Bertz CT molecular complexity index is 989. The van der Waals surface area contributed by atoms with E-state index in [1.165, 1.54) is 11.3 Å². The first-order valence-electron chi connectivity index (χ1n) is 9.11. The predicted molar refractivity (Wildman–Crippen MR) is 114 cm³/mol. The SMILES string of the molecule is CC(=O)[C@]1(O)[C@@](O)(C(C)=O)CS[C@H](Oc2cccc(-c3cccs3)c2)[C@@]1(O)C(C)=O. The minimum atomic E-state index is -3.07. The van der Waals surface area contributed by atoms with Gasteiger partial charge in [-0.3, -0.25) is 14.4 Å². The normalized spacial score (nSPS) is 31.2. The minimum Gasteiger partial charge on any atom is -0.476 e. The van der Waals surface area contributed by atoms with Gasteiger partial charge in [0.2, 0.25) is 5.60 Å². The molecule has 3 N–H and O–H groups in total. The summed E-state index contributed by atoms with van der Waals surface area (Å²) in [5.74, 6) is -3.21. The van der Waals surface area contributed by atoms with E-state index in [9.17, 15) is 29.7 Å². The fraction of sp³-hybridized carbons (Fsp3) is 0.381. The lowest BCUT2D eigenvalue weighted by molar-refractivity contribution is -0.235. The summed E-state index contributed by atoms with van der Waals surface area (Å²) in [5.41, 5.74) is -9.18. The van der Waals surface area contributed by atoms with E-state index in [2.05, 4.69) is 0 Å². The van der Waals surface area contributed by atoms with Crippen LogP contribution in [0.3, 0.4) is 0 Å². The van der Waals surface area contributed by atoms with Crippen molar-refractivity contribution in [1.29, 1.82) is 0 Å². The van der Waals surface area contributed by atoms with Crippen LogP contribution in [0.5, 0.6) is 5.75 Å². The van der Waals surface area contributed by atoms with Gasteiger partial charge in [-0.15, -0.1) is 23.1 Å². The van der Waals surface area contributed by atoms with E-state index in [0.29, 0.717) is 0 Å². The maximum Gasteiger partial charge on any atom is 0.208 e. The van der Waals surface area contributed by atoms with E-state index in [1.54, 1.807) is 18.2 Å². The zero-order valence-electron chi connectivity index (χ0n) is 16.6. The molecule has 1 saturated heterocycles. The van der Waals surface area contributed by atoms with Gasteiger partial charge in [-0.1, -0.05) is 18.2 Å². The molecule has 7 nitrogen and oxygen atoms in total. The first kappa shape index (κ1) is 22.6. The van der Waals surface area contributed by atoms with Crippen molar-refractivity contribution in [1.82, 2.24) is 0 Å². The average Bonchev–Trinajstić information content (AvgIpc) is 3.23. The fourth-order valence-corrected chi connectivity index (χ4v) is 5.94. The number of thiophene rings is 1. The molecule has 3 rings (SSSR count). The molecule has 0 amide bonds. The van der Waals surface area contributed by atoms with Gasteiger partial charge < -0.3 is 20.1 Å². The summed E-state index contributed by atoms with van der Waals surface area (Å²) in [6.45, 7) is 2.87. The van der Waals surface area contributed by atoms with Crippen molar-refractivity contribution in [3.8, 4) is 16.2 Å². The van der Waals surface area contributed by atoms with Gasteiger partial charge >= 0.3 is 0 Å². The van der Waals surface area contributed by atoms with Crippen molar-refractivity contribution in [2.75, 3.05) is 5.75 Å². The van der Waals surface area contributed by atoms with E-state index in [4.69, 9.17) is 4.74 Å². The molecular formula is C21H22O7S2. The standard InChI is InChI=1S/C21H22O7S2/c1-12(22)19(25)11-30-18(20(26,13(2)23)21(19,27)14(3)24)28-16-7-4-6-15(10-16)17-8-5-9-29-17/h4-10,18,25-27H,11H2,1-3H3/t18-,19-,20-,21-/m0/s1. The second-order valence-electron chi connectivity index (χ2n) is 7.27. The monoisotopic (exact) mass is 450 g/mol. The molecule has 0 spiro atoms. The summed E-state index contributed by atoms with van der Waals surface area (Å²) in [6.07, 6.45) is 0. The highest BCUT2D eigenvalue weighted by atomic mass is 32.2. The summed E-state index contributed by atoms with van der Waals surface area (Å²) in [7, 11) is 0. The summed E-state index contributed by atoms with van der Waals surface area (Å²) in [6, 6.07) is 10.7. The van der Waals surface area contributed by atoms with E-state index in [1.807, 2.05) is 23.6 Å². The first-order valence-corrected chi connectivity index (χ1v) is 11.0. The van der Waals surface area contributed by atoms with Gasteiger partial charge in [-0.2, -0.15) is 0 Å². The molecule has 0 bridgehead atoms. The molecule has 9 heteroatoms. The Hall–Kier alpha value is -2.04.